The summed E-state index contributed by atoms with van der Waals surface area (Å²) < 4.78 is 4.90. The number of rotatable bonds is 5. The number of hydrogen-bond acceptors (Lipinski definition) is 4. The van der Waals surface area contributed by atoms with Crippen LogP contribution in [0.2, 0.25) is 0 Å². The number of amides is 2. The van der Waals surface area contributed by atoms with Crippen molar-refractivity contribution in [3.05, 3.63) is 0 Å². The molecule has 1 unspecified atom stereocenters. The number of carbonyl (C=O) groups is 2. The first-order chi connectivity index (χ1) is 8.45. The molecule has 0 aromatic rings. The minimum absolute atomic E-state index is 0.0554. The minimum atomic E-state index is -1.09. The average Bonchev–Trinajstić information content (AvgIpc) is 2.69. The maximum absolute atomic E-state index is 11.9. The Bertz CT molecular complexity index is 310. The number of nitrogens with one attached hydrogen (secondary N) is 1. The topological polar surface area (TPSA) is 99.1 Å². The van der Waals surface area contributed by atoms with E-state index in [0.717, 1.165) is 4.90 Å². The summed E-state index contributed by atoms with van der Waals surface area (Å²) in [5.41, 5.74) is 0. The van der Waals surface area contributed by atoms with Gasteiger partial charge in [-0.3, -0.25) is 0 Å². The Morgan fingerprint density at radius 1 is 1.56 bits per heavy atom. The fourth-order valence-electron chi connectivity index (χ4n) is 1.93. The van der Waals surface area contributed by atoms with Gasteiger partial charge in [0.15, 0.2) is 0 Å². The van der Waals surface area contributed by atoms with Crippen molar-refractivity contribution in [2.24, 2.45) is 0 Å². The number of aliphatic carboxylic acids is 1. The van der Waals surface area contributed by atoms with Gasteiger partial charge in [0.1, 0.15) is 6.04 Å². The van der Waals surface area contributed by atoms with Gasteiger partial charge in [-0.2, -0.15) is 0 Å². The van der Waals surface area contributed by atoms with Crippen LogP contribution in [0.3, 0.4) is 0 Å². The van der Waals surface area contributed by atoms with Crippen molar-refractivity contribution >= 4 is 12.0 Å². The standard InChI is InChI=1S/C11H20N2O5/c1-7(3-4-18-2)12-11(17)13-6-8(14)5-9(13)10(15)16/h7-9,14H,3-6H2,1-2H3,(H,12,17)(H,15,16)/t7?,8-,9-/m0/s1. The number of urea groups is 1. The van der Waals surface area contributed by atoms with E-state index in [2.05, 4.69) is 5.32 Å². The Balaban J connectivity index is 2.52. The van der Waals surface area contributed by atoms with Crippen LogP contribution in [0.5, 0.6) is 0 Å². The average molecular weight is 260 g/mol. The lowest BCUT2D eigenvalue weighted by Crippen LogP contribution is -2.48. The molecule has 3 atom stereocenters. The predicted molar refractivity (Wildman–Crippen MR) is 63.2 cm³/mol. The summed E-state index contributed by atoms with van der Waals surface area (Å²) in [5.74, 6) is -1.09. The van der Waals surface area contributed by atoms with E-state index in [0.29, 0.717) is 13.0 Å². The molecular formula is C11H20N2O5. The zero-order valence-corrected chi connectivity index (χ0v) is 10.6. The number of likely N-dealkylation sites (tertiary alicyclic amines) is 1. The van der Waals surface area contributed by atoms with Gasteiger partial charge in [-0.05, 0) is 13.3 Å². The largest absolute Gasteiger partial charge is 0.480 e. The molecule has 1 fully saturated rings. The molecular weight excluding hydrogens is 240 g/mol. The summed E-state index contributed by atoms with van der Waals surface area (Å²) in [7, 11) is 1.58. The Kier molecular flexibility index (Phi) is 5.36. The summed E-state index contributed by atoms with van der Waals surface area (Å²) in [5, 5.41) is 21.1. The van der Waals surface area contributed by atoms with Crippen molar-refractivity contribution < 1.29 is 24.5 Å². The molecule has 0 aliphatic carbocycles. The number of aliphatic hydroxyl groups is 1. The van der Waals surface area contributed by atoms with Gasteiger partial charge in [0.2, 0.25) is 0 Å². The number of methoxy groups -OCH3 is 1. The van der Waals surface area contributed by atoms with Crippen LogP contribution in [0, 0.1) is 0 Å². The number of hydrogen-bond donors (Lipinski definition) is 3. The van der Waals surface area contributed by atoms with Crippen LogP contribution >= 0.6 is 0 Å². The lowest BCUT2D eigenvalue weighted by Gasteiger charge is -2.24. The minimum Gasteiger partial charge on any atom is -0.480 e. The molecule has 104 valence electrons. The predicted octanol–water partition coefficient (Wildman–Crippen LogP) is -0.359. The SMILES string of the molecule is COCCC(C)NC(=O)N1C[C@@H](O)C[C@H]1C(=O)O. The third kappa shape index (κ3) is 3.85. The molecule has 7 heteroatoms. The molecule has 0 spiro atoms. The van der Waals surface area contributed by atoms with Crippen molar-refractivity contribution in [2.75, 3.05) is 20.3 Å². The third-order valence-corrected chi connectivity index (χ3v) is 2.95. The number of carboxylic acid groups (broad SMARTS) is 1. The molecule has 0 aromatic heterocycles. The summed E-state index contributed by atoms with van der Waals surface area (Å²) in [6.45, 7) is 2.39. The molecule has 1 saturated heterocycles. The lowest BCUT2D eigenvalue weighted by atomic mass is 10.2. The highest BCUT2D eigenvalue weighted by Crippen LogP contribution is 2.18. The lowest BCUT2D eigenvalue weighted by molar-refractivity contribution is -0.141. The Morgan fingerprint density at radius 3 is 2.78 bits per heavy atom. The van der Waals surface area contributed by atoms with Gasteiger partial charge in [0.05, 0.1) is 6.10 Å². The van der Waals surface area contributed by atoms with Crippen LogP contribution < -0.4 is 5.32 Å². The molecule has 0 aromatic carbocycles. The number of carbonyl (C=O) groups excluding carboxylic acids is 1. The fourth-order valence-corrected chi connectivity index (χ4v) is 1.93. The van der Waals surface area contributed by atoms with Crippen LogP contribution in [0.15, 0.2) is 0 Å². The van der Waals surface area contributed by atoms with Gasteiger partial charge >= 0.3 is 12.0 Å². The van der Waals surface area contributed by atoms with Crippen molar-refractivity contribution in [2.45, 2.75) is 38.0 Å². The van der Waals surface area contributed by atoms with E-state index in [9.17, 15) is 14.7 Å². The van der Waals surface area contributed by atoms with Crippen LogP contribution in [0.25, 0.3) is 0 Å². The highest BCUT2D eigenvalue weighted by molar-refractivity contribution is 5.83. The number of ether oxygens (including phenoxy) is 1. The van der Waals surface area contributed by atoms with E-state index in [1.807, 2.05) is 6.92 Å². The number of carboxylic acids is 1. The van der Waals surface area contributed by atoms with Crippen LogP contribution in [0.4, 0.5) is 4.79 Å². The molecule has 1 aliphatic heterocycles. The molecule has 3 N–H and O–H groups in total. The van der Waals surface area contributed by atoms with Gasteiger partial charge in [0, 0.05) is 32.7 Å². The Morgan fingerprint density at radius 2 is 2.22 bits per heavy atom. The molecule has 0 bridgehead atoms. The maximum atomic E-state index is 11.9. The van der Waals surface area contributed by atoms with E-state index in [-0.39, 0.29) is 19.0 Å². The van der Waals surface area contributed by atoms with Crippen molar-refractivity contribution in [1.82, 2.24) is 10.2 Å². The third-order valence-electron chi connectivity index (χ3n) is 2.95. The summed E-state index contributed by atoms with van der Waals surface area (Å²) in [6, 6.07) is -1.51. The summed E-state index contributed by atoms with van der Waals surface area (Å²) in [4.78, 5) is 24.0. The zero-order valence-electron chi connectivity index (χ0n) is 10.6. The summed E-state index contributed by atoms with van der Waals surface area (Å²) >= 11 is 0. The smallest absolute Gasteiger partial charge is 0.326 e. The first-order valence-electron chi connectivity index (χ1n) is 5.92. The molecule has 1 rings (SSSR count). The zero-order chi connectivity index (χ0) is 13.7. The van der Waals surface area contributed by atoms with Gasteiger partial charge in [-0.1, -0.05) is 0 Å². The highest BCUT2D eigenvalue weighted by atomic mass is 16.5. The molecule has 0 radical (unpaired) electrons. The molecule has 1 aliphatic rings. The van der Waals surface area contributed by atoms with Crippen molar-refractivity contribution in [1.29, 1.82) is 0 Å². The number of aliphatic hydroxyl groups excluding tert-OH is 1. The van der Waals surface area contributed by atoms with Gasteiger partial charge in [0.25, 0.3) is 0 Å². The van der Waals surface area contributed by atoms with Crippen LogP contribution in [-0.4, -0.2) is 65.6 Å². The van der Waals surface area contributed by atoms with Crippen LogP contribution in [0.1, 0.15) is 19.8 Å². The second kappa shape index (κ2) is 6.55. The van der Waals surface area contributed by atoms with Gasteiger partial charge < -0.3 is 25.2 Å². The molecule has 18 heavy (non-hydrogen) atoms. The van der Waals surface area contributed by atoms with Crippen molar-refractivity contribution in [3.63, 3.8) is 0 Å². The molecule has 2 amide bonds. The molecule has 7 nitrogen and oxygen atoms in total. The fraction of sp³-hybridized carbons (Fsp3) is 0.818. The summed E-state index contributed by atoms with van der Waals surface area (Å²) in [6.07, 6.45) is -0.0443. The van der Waals surface area contributed by atoms with Gasteiger partial charge in [-0.15, -0.1) is 0 Å². The second-order valence-electron chi connectivity index (χ2n) is 4.53. The van der Waals surface area contributed by atoms with E-state index < -0.39 is 24.1 Å². The van der Waals surface area contributed by atoms with Crippen LogP contribution in [-0.2, 0) is 9.53 Å². The first-order valence-corrected chi connectivity index (χ1v) is 5.92. The number of β-amino-alcohol motifs (C(OH)–C–C–N with tert-alkyl or cyclic N) is 1. The highest BCUT2D eigenvalue weighted by Gasteiger charge is 2.39. The van der Waals surface area contributed by atoms with E-state index >= 15 is 0 Å². The molecule has 1 heterocycles. The van der Waals surface area contributed by atoms with E-state index in [4.69, 9.17) is 9.84 Å². The first kappa shape index (κ1) is 14.7. The van der Waals surface area contributed by atoms with Crippen molar-refractivity contribution in [3.8, 4) is 0 Å². The van der Waals surface area contributed by atoms with E-state index in [1.165, 1.54) is 0 Å². The van der Waals surface area contributed by atoms with Gasteiger partial charge in [-0.25, -0.2) is 9.59 Å². The normalized spacial score (nSPS) is 24.9. The second-order valence-corrected chi connectivity index (χ2v) is 4.53. The van der Waals surface area contributed by atoms with E-state index in [1.54, 1.807) is 7.11 Å². The monoisotopic (exact) mass is 260 g/mol. The molecule has 0 saturated carbocycles. The maximum Gasteiger partial charge on any atom is 0.326 e. The quantitative estimate of drug-likeness (QED) is 0.627. The number of nitrogens with zero attached hydrogens (tertiary/aromatic N) is 1. The Hall–Kier alpha value is -1.34. The Labute approximate surface area is 106 Å².